The van der Waals surface area contributed by atoms with E-state index >= 15 is 0 Å². The van der Waals surface area contributed by atoms with Crippen LogP contribution < -0.4 is 9.64 Å². The monoisotopic (exact) mass is 440 g/mol. The van der Waals surface area contributed by atoms with Crippen LogP contribution in [0.1, 0.15) is 32.3 Å². The number of sulfone groups is 1. The van der Waals surface area contributed by atoms with Gasteiger partial charge in [0.05, 0.1) is 12.0 Å². The normalized spacial score (nSPS) is 15.3. The standard InChI is InChI=1S/C24H28N2O4S/c1-4-18-8-10-21(11-9-18)31(27,28)23-24(26-14-12-17(2)13-15-26)30-22(25-23)19-6-5-7-20(16-19)29-3/h5-11,16-17H,4,12-15H2,1-3H3. The summed E-state index contributed by atoms with van der Waals surface area (Å²) < 4.78 is 38.5. The fourth-order valence-corrected chi connectivity index (χ4v) is 5.10. The zero-order chi connectivity index (χ0) is 22.0. The smallest absolute Gasteiger partial charge is 0.236 e. The van der Waals surface area contributed by atoms with E-state index in [4.69, 9.17) is 9.15 Å². The molecule has 0 atom stereocenters. The lowest BCUT2D eigenvalue weighted by molar-refractivity contribution is 0.413. The first-order chi connectivity index (χ1) is 14.9. The lowest BCUT2D eigenvalue weighted by atomic mass is 9.99. The van der Waals surface area contributed by atoms with Crippen LogP contribution in [0.3, 0.4) is 0 Å². The molecule has 1 aromatic heterocycles. The van der Waals surface area contributed by atoms with Gasteiger partial charge in [-0.15, -0.1) is 0 Å². The molecule has 0 spiro atoms. The van der Waals surface area contributed by atoms with Crippen LogP contribution in [0.25, 0.3) is 11.5 Å². The van der Waals surface area contributed by atoms with E-state index in [-0.39, 0.29) is 15.8 Å². The Morgan fingerprint density at radius 2 is 1.84 bits per heavy atom. The van der Waals surface area contributed by atoms with Crippen molar-refractivity contribution >= 4 is 15.7 Å². The van der Waals surface area contributed by atoms with Crippen molar-refractivity contribution in [1.29, 1.82) is 0 Å². The summed E-state index contributed by atoms with van der Waals surface area (Å²) in [5.74, 6) is 1.86. The minimum absolute atomic E-state index is 0.0240. The summed E-state index contributed by atoms with van der Waals surface area (Å²) in [6.07, 6.45) is 2.82. The van der Waals surface area contributed by atoms with Gasteiger partial charge in [0, 0.05) is 18.7 Å². The van der Waals surface area contributed by atoms with Crippen molar-refractivity contribution in [2.45, 2.75) is 43.0 Å². The van der Waals surface area contributed by atoms with Gasteiger partial charge in [-0.25, -0.2) is 8.42 Å². The third kappa shape index (κ3) is 4.32. The molecule has 2 aromatic carbocycles. The number of anilines is 1. The second-order valence-electron chi connectivity index (χ2n) is 8.03. The second kappa shape index (κ2) is 8.75. The molecule has 2 heterocycles. The molecule has 0 aliphatic carbocycles. The number of rotatable bonds is 6. The van der Waals surface area contributed by atoms with Gasteiger partial charge in [-0.1, -0.05) is 32.0 Å². The van der Waals surface area contributed by atoms with Gasteiger partial charge in [-0.05, 0) is 61.1 Å². The van der Waals surface area contributed by atoms with Crippen LogP contribution in [-0.2, 0) is 16.3 Å². The molecule has 1 aliphatic heterocycles. The number of aromatic nitrogens is 1. The minimum atomic E-state index is -3.84. The van der Waals surface area contributed by atoms with E-state index in [1.54, 1.807) is 25.3 Å². The first kappa shape index (κ1) is 21.4. The summed E-state index contributed by atoms with van der Waals surface area (Å²) in [4.78, 5) is 6.72. The summed E-state index contributed by atoms with van der Waals surface area (Å²) in [5.41, 5.74) is 1.76. The largest absolute Gasteiger partial charge is 0.497 e. The molecule has 4 rings (SSSR count). The number of nitrogens with zero attached hydrogens (tertiary/aromatic N) is 2. The molecular weight excluding hydrogens is 412 g/mol. The van der Waals surface area contributed by atoms with Crippen LogP contribution in [0.2, 0.25) is 0 Å². The van der Waals surface area contributed by atoms with Crippen LogP contribution in [0, 0.1) is 5.92 Å². The molecule has 1 saturated heterocycles. The van der Waals surface area contributed by atoms with Gasteiger partial charge < -0.3 is 14.1 Å². The number of piperidine rings is 1. The quantitative estimate of drug-likeness (QED) is 0.538. The minimum Gasteiger partial charge on any atom is -0.497 e. The first-order valence-corrected chi connectivity index (χ1v) is 12.1. The summed E-state index contributed by atoms with van der Waals surface area (Å²) in [6, 6.07) is 14.3. The molecule has 0 N–H and O–H groups in total. The van der Waals surface area contributed by atoms with Crippen molar-refractivity contribution < 1.29 is 17.6 Å². The highest BCUT2D eigenvalue weighted by Crippen LogP contribution is 2.37. The predicted molar refractivity (Wildman–Crippen MR) is 120 cm³/mol. The van der Waals surface area contributed by atoms with Crippen LogP contribution >= 0.6 is 0 Å². The number of hydrogen-bond acceptors (Lipinski definition) is 6. The average Bonchev–Trinajstić information content (AvgIpc) is 3.26. The van der Waals surface area contributed by atoms with Crippen molar-refractivity contribution in [2.24, 2.45) is 5.92 Å². The van der Waals surface area contributed by atoms with E-state index in [9.17, 15) is 8.42 Å². The molecule has 1 aliphatic rings. The van der Waals surface area contributed by atoms with Gasteiger partial charge in [0.1, 0.15) is 5.75 Å². The van der Waals surface area contributed by atoms with E-state index < -0.39 is 9.84 Å². The Bertz CT molecular complexity index is 1140. The number of methoxy groups -OCH3 is 1. The van der Waals surface area contributed by atoms with E-state index in [1.807, 2.05) is 42.2 Å². The van der Waals surface area contributed by atoms with Crippen molar-refractivity contribution in [1.82, 2.24) is 4.98 Å². The van der Waals surface area contributed by atoms with E-state index in [2.05, 4.69) is 11.9 Å². The molecule has 0 unspecified atom stereocenters. The fourth-order valence-electron chi connectivity index (χ4n) is 3.78. The SMILES string of the molecule is CCc1ccc(S(=O)(=O)c2nc(-c3cccc(OC)c3)oc2N2CCC(C)CC2)cc1. The fraction of sp³-hybridized carbons (Fsp3) is 0.375. The second-order valence-corrected chi connectivity index (χ2v) is 9.90. The Morgan fingerprint density at radius 3 is 2.48 bits per heavy atom. The Balaban J connectivity index is 1.81. The molecule has 1 fully saturated rings. The average molecular weight is 441 g/mol. The lowest BCUT2D eigenvalue weighted by Gasteiger charge is -2.30. The molecule has 0 amide bonds. The van der Waals surface area contributed by atoms with E-state index in [0.29, 0.717) is 23.1 Å². The zero-order valence-electron chi connectivity index (χ0n) is 18.2. The number of hydrogen-bond donors (Lipinski definition) is 0. The first-order valence-electron chi connectivity index (χ1n) is 10.7. The Kier molecular flexibility index (Phi) is 6.05. The highest BCUT2D eigenvalue weighted by molar-refractivity contribution is 7.91. The van der Waals surface area contributed by atoms with Crippen LogP contribution in [0.4, 0.5) is 5.88 Å². The Hall–Kier alpha value is -2.80. The van der Waals surface area contributed by atoms with Gasteiger partial charge in [0.25, 0.3) is 0 Å². The third-order valence-corrected chi connectivity index (χ3v) is 7.53. The number of oxazole rings is 1. The Labute approximate surface area is 183 Å². The summed E-state index contributed by atoms with van der Waals surface area (Å²) in [5, 5.41) is -0.0240. The molecule has 0 radical (unpaired) electrons. The summed E-state index contributed by atoms with van der Waals surface area (Å²) >= 11 is 0. The van der Waals surface area contributed by atoms with Crippen LogP contribution in [0.5, 0.6) is 5.75 Å². The van der Waals surface area contributed by atoms with Gasteiger partial charge in [-0.2, -0.15) is 4.98 Å². The summed E-state index contributed by atoms with van der Waals surface area (Å²) in [7, 11) is -2.25. The van der Waals surface area contributed by atoms with Gasteiger partial charge in [0.2, 0.25) is 26.6 Å². The summed E-state index contributed by atoms with van der Waals surface area (Å²) in [6.45, 7) is 5.74. The van der Waals surface area contributed by atoms with E-state index in [1.165, 1.54) is 0 Å². The molecule has 164 valence electrons. The van der Waals surface area contributed by atoms with Crippen molar-refractivity contribution in [3.63, 3.8) is 0 Å². The van der Waals surface area contributed by atoms with Gasteiger partial charge in [-0.3, -0.25) is 0 Å². The molecule has 6 nitrogen and oxygen atoms in total. The number of aryl methyl sites for hydroxylation is 1. The van der Waals surface area contributed by atoms with Crippen molar-refractivity contribution in [3.05, 3.63) is 54.1 Å². The molecule has 31 heavy (non-hydrogen) atoms. The van der Waals surface area contributed by atoms with Gasteiger partial charge in [0.15, 0.2) is 0 Å². The van der Waals surface area contributed by atoms with E-state index in [0.717, 1.165) is 37.9 Å². The number of benzene rings is 2. The molecule has 7 heteroatoms. The van der Waals surface area contributed by atoms with Crippen molar-refractivity contribution in [3.8, 4) is 17.2 Å². The van der Waals surface area contributed by atoms with Crippen LogP contribution in [-0.4, -0.2) is 33.6 Å². The highest BCUT2D eigenvalue weighted by Gasteiger charge is 2.32. The zero-order valence-corrected chi connectivity index (χ0v) is 19.0. The van der Waals surface area contributed by atoms with Crippen molar-refractivity contribution in [2.75, 3.05) is 25.1 Å². The maximum Gasteiger partial charge on any atom is 0.236 e. The lowest BCUT2D eigenvalue weighted by Crippen LogP contribution is -2.33. The third-order valence-electron chi connectivity index (χ3n) is 5.86. The van der Waals surface area contributed by atoms with Gasteiger partial charge >= 0.3 is 0 Å². The number of ether oxygens (including phenoxy) is 1. The maximum absolute atomic E-state index is 13.6. The maximum atomic E-state index is 13.6. The van der Waals surface area contributed by atoms with Crippen LogP contribution in [0.15, 0.2) is 62.9 Å². The topological polar surface area (TPSA) is 72.6 Å². The Morgan fingerprint density at radius 1 is 1.13 bits per heavy atom. The molecule has 0 saturated carbocycles. The molecule has 3 aromatic rings. The molecule has 0 bridgehead atoms. The molecular formula is C24H28N2O4S. The highest BCUT2D eigenvalue weighted by atomic mass is 32.2. The predicted octanol–water partition coefficient (Wildman–Crippen LogP) is 4.98.